The van der Waals surface area contributed by atoms with Gasteiger partial charge in [-0.1, -0.05) is 13.8 Å². The first kappa shape index (κ1) is 11.9. The van der Waals surface area contributed by atoms with Crippen molar-refractivity contribution in [3.8, 4) is 6.07 Å². The lowest BCUT2D eigenvalue weighted by molar-refractivity contribution is -0.142. The van der Waals surface area contributed by atoms with E-state index in [1.165, 1.54) is 7.11 Å². The minimum atomic E-state index is -0.683. The maximum Gasteiger partial charge on any atom is 0.322 e. The number of nitriles is 1. The number of hydrogen-bond donors (Lipinski definition) is 1. The lowest BCUT2D eigenvalue weighted by Crippen LogP contribution is -2.34. The summed E-state index contributed by atoms with van der Waals surface area (Å²) in [6.45, 7) is 3.86. The molecule has 0 aromatic heterocycles. The minimum Gasteiger partial charge on any atom is -0.468 e. The molecule has 0 fully saturated rings. The molecule has 0 saturated carbocycles. The van der Waals surface area contributed by atoms with Crippen LogP contribution in [0.15, 0.2) is 0 Å². The van der Waals surface area contributed by atoms with Crippen LogP contribution in [0.2, 0.25) is 0 Å². The lowest BCUT2D eigenvalue weighted by Gasteiger charge is -2.16. The molecule has 0 bridgehead atoms. The molecule has 13 heavy (non-hydrogen) atoms. The molecule has 0 amide bonds. The number of hydrogen-bond acceptors (Lipinski definition) is 4. The smallest absolute Gasteiger partial charge is 0.322 e. The number of nitrogens with two attached hydrogens (primary N) is 1. The molecule has 4 heteroatoms. The standard InChI is InChI=1S/C9H16N2O2/c1-6(2)7(5-10)4-8(11)9(12)13-3/h6-8H,4,11H2,1-3H3. The summed E-state index contributed by atoms with van der Waals surface area (Å²) in [5.74, 6) is -0.435. The van der Waals surface area contributed by atoms with Crippen LogP contribution in [-0.4, -0.2) is 19.1 Å². The van der Waals surface area contributed by atoms with E-state index in [0.717, 1.165) is 0 Å². The predicted molar refractivity (Wildman–Crippen MR) is 48.5 cm³/mol. The van der Waals surface area contributed by atoms with Crippen molar-refractivity contribution in [1.29, 1.82) is 5.26 Å². The summed E-state index contributed by atoms with van der Waals surface area (Å²) in [6, 6.07) is 1.44. The van der Waals surface area contributed by atoms with E-state index >= 15 is 0 Å². The summed E-state index contributed by atoms with van der Waals surface area (Å²) < 4.78 is 4.46. The van der Waals surface area contributed by atoms with Gasteiger partial charge in [-0.3, -0.25) is 4.79 Å². The van der Waals surface area contributed by atoms with Crippen molar-refractivity contribution >= 4 is 5.97 Å². The van der Waals surface area contributed by atoms with Gasteiger partial charge in [-0.2, -0.15) is 5.26 Å². The zero-order valence-corrected chi connectivity index (χ0v) is 8.28. The van der Waals surface area contributed by atoms with E-state index in [1.54, 1.807) is 0 Å². The molecule has 74 valence electrons. The second-order valence-electron chi connectivity index (χ2n) is 3.34. The third-order valence-electron chi connectivity index (χ3n) is 1.98. The molecule has 0 radical (unpaired) electrons. The van der Waals surface area contributed by atoms with Gasteiger partial charge in [0, 0.05) is 0 Å². The third kappa shape index (κ3) is 3.90. The zero-order valence-electron chi connectivity index (χ0n) is 8.28. The number of carbonyl (C=O) groups is 1. The van der Waals surface area contributed by atoms with Crippen LogP contribution in [-0.2, 0) is 9.53 Å². The molecule has 0 aliphatic heterocycles. The van der Waals surface area contributed by atoms with E-state index in [9.17, 15) is 4.79 Å². The molecule has 0 saturated heterocycles. The van der Waals surface area contributed by atoms with Gasteiger partial charge < -0.3 is 10.5 Å². The van der Waals surface area contributed by atoms with Gasteiger partial charge >= 0.3 is 5.97 Å². The second-order valence-corrected chi connectivity index (χ2v) is 3.34. The van der Waals surface area contributed by atoms with Crippen LogP contribution in [0.4, 0.5) is 0 Å². The molecule has 0 aliphatic rings. The number of esters is 1. The first-order chi connectivity index (χ1) is 6.02. The highest BCUT2D eigenvalue weighted by Gasteiger charge is 2.21. The van der Waals surface area contributed by atoms with Crippen LogP contribution in [0.3, 0.4) is 0 Å². The first-order valence-electron chi connectivity index (χ1n) is 4.26. The fraction of sp³-hybridized carbons (Fsp3) is 0.778. The van der Waals surface area contributed by atoms with Crippen molar-refractivity contribution in [2.45, 2.75) is 26.3 Å². The Balaban J connectivity index is 4.10. The average molecular weight is 184 g/mol. The normalized spacial score (nSPS) is 14.8. The van der Waals surface area contributed by atoms with E-state index in [-0.39, 0.29) is 11.8 Å². The highest BCUT2D eigenvalue weighted by molar-refractivity contribution is 5.75. The van der Waals surface area contributed by atoms with Crippen molar-refractivity contribution in [3.05, 3.63) is 0 Å². The predicted octanol–water partition coefficient (Wildman–Crippen LogP) is 0.673. The monoisotopic (exact) mass is 184 g/mol. The Morgan fingerprint density at radius 1 is 1.62 bits per heavy atom. The maximum absolute atomic E-state index is 10.9. The fourth-order valence-electron chi connectivity index (χ4n) is 0.995. The van der Waals surface area contributed by atoms with Gasteiger partial charge in [-0.15, -0.1) is 0 Å². The van der Waals surface area contributed by atoms with Crippen LogP contribution in [0.1, 0.15) is 20.3 Å². The molecule has 0 aliphatic carbocycles. The number of ether oxygens (including phenoxy) is 1. The summed E-state index contributed by atoms with van der Waals surface area (Å²) in [7, 11) is 1.29. The maximum atomic E-state index is 10.9. The van der Waals surface area contributed by atoms with Crippen LogP contribution >= 0.6 is 0 Å². The van der Waals surface area contributed by atoms with E-state index < -0.39 is 12.0 Å². The van der Waals surface area contributed by atoms with Gasteiger partial charge in [0.25, 0.3) is 0 Å². The largest absolute Gasteiger partial charge is 0.468 e. The Labute approximate surface area is 78.7 Å². The molecule has 0 spiro atoms. The minimum absolute atomic E-state index is 0.186. The summed E-state index contributed by atoms with van der Waals surface area (Å²) >= 11 is 0. The van der Waals surface area contributed by atoms with Gasteiger partial charge in [-0.05, 0) is 12.3 Å². The molecule has 2 atom stereocenters. The summed E-state index contributed by atoms with van der Waals surface area (Å²) in [4.78, 5) is 10.9. The van der Waals surface area contributed by atoms with Gasteiger partial charge in [0.15, 0.2) is 0 Å². The Kier molecular flexibility index (Phi) is 5.09. The molecule has 0 aromatic carbocycles. The Hall–Kier alpha value is -1.08. The van der Waals surface area contributed by atoms with Crippen molar-refractivity contribution in [2.24, 2.45) is 17.6 Å². The molecule has 4 nitrogen and oxygen atoms in total. The Morgan fingerprint density at radius 3 is 2.46 bits per heavy atom. The molecule has 0 aromatic rings. The van der Waals surface area contributed by atoms with Gasteiger partial charge in [0.05, 0.1) is 19.1 Å². The SMILES string of the molecule is COC(=O)C(N)CC(C#N)C(C)C. The zero-order chi connectivity index (χ0) is 10.4. The molecule has 0 rings (SSSR count). The topological polar surface area (TPSA) is 76.1 Å². The highest BCUT2D eigenvalue weighted by atomic mass is 16.5. The number of rotatable bonds is 4. The van der Waals surface area contributed by atoms with Crippen LogP contribution in [0, 0.1) is 23.2 Å². The summed E-state index contributed by atoms with van der Waals surface area (Å²) in [5.41, 5.74) is 5.52. The molecule has 2 unspecified atom stereocenters. The van der Waals surface area contributed by atoms with E-state index in [4.69, 9.17) is 11.0 Å². The lowest BCUT2D eigenvalue weighted by atomic mass is 9.91. The van der Waals surface area contributed by atoms with Crippen molar-refractivity contribution < 1.29 is 9.53 Å². The van der Waals surface area contributed by atoms with Crippen molar-refractivity contribution in [3.63, 3.8) is 0 Å². The number of methoxy groups -OCH3 is 1. The van der Waals surface area contributed by atoms with E-state index in [0.29, 0.717) is 6.42 Å². The van der Waals surface area contributed by atoms with Gasteiger partial charge in [-0.25, -0.2) is 0 Å². The summed E-state index contributed by atoms with van der Waals surface area (Å²) in [6.07, 6.45) is 0.362. The molecule has 2 N–H and O–H groups in total. The van der Waals surface area contributed by atoms with Gasteiger partial charge in [0.2, 0.25) is 0 Å². The van der Waals surface area contributed by atoms with Crippen LogP contribution in [0.25, 0.3) is 0 Å². The van der Waals surface area contributed by atoms with Crippen molar-refractivity contribution in [2.75, 3.05) is 7.11 Å². The Bertz CT molecular complexity index is 208. The van der Waals surface area contributed by atoms with Crippen molar-refractivity contribution in [1.82, 2.24) is 0 Å². The average Bonchev–Trinajstić information content (AvgIpc) is 2.11. The first-order valence-corrected chi connectivity index (χ1v) is 4.26. The quantitative estimate of drug-likeness (QED) is 0.651. The number of nitrogens with zero attached hydrogens (tertiary/aromatic N) is 1. The highest BCUT2D eigenvalue weighted by Crippen LogP contribution is 2.15. The van der Waals surface area contributed by atoms with Gasteiger partial charge in [0.1, 0.15) is 6.04 Å². The van der Waals surface area contributed by atoms with Crippen LogP contribution in [0.5, 0.6) is 0 Å². The molecular weight excluding hydrogens is 168 g/mol. The molecule has 0 heterocycles. The number of carbonyl (C=O) groups excluding carboxylic acids is 1. The van der Waals surface area contributed by atoms with E-state index in [2.05, 4.69) is 10.8 Å². The van der Waals surface area contributed by atoms with E-state index in [1.807, 2.05) is 13.8 Å². The molecular formula is C9H16N2O2. The Morgan fingerprint density at radius 2 is 2.15 bits per heavy atom. The summed E-state index contributed by atoms with van der Waals surface area (Å²) in [5, 5.41) is 8.74. The third-order valence-corrected chi connectivity index (χ3v) is 1.98. The van der Waals surface area contributed by atoms with Crippen LogP contribution < -0.4 is 5.73 Å². The fourth-order valence-corrected chi connectivity index (χ4v) is 0.995. The second kappa shape index (κ2) is 5.55.